The van der Waals surface area contributed by atoms with Crippen LogP contribution < -0.4 is 15.4 Å². The van der Waals surface area contributed by atoms with Gasteiger partial charge in [0.25, 0.3) is 0 Å². The van der Waals surface area contributed by atoms with Gasteiger partial charge in [-0.1, -0.05) is 31.0 Å². The van der Waals surface area contributed by atoms with Crippen LogP contribution in [0.4, 0.5) is 8.78 Å². The summed E-state index contributed by atoms with van der Waals surface area (Å²) < 4.78 is 35.8. The maximum atomic E-state index is 12.6. The van der Waals surface area contributed by atoms with Gasteiger partial charge in [-0.15, -0.1) is 24.0 Å². The van der Waals surface area contributed by atoms with Gasteiger partial charge in [0.05, 0.1) is 6.10 Å². The Bertz CT molecular complexity index is 698. The predicted octanol–water partition coefficient (Wildman–Crippen LogP) is 3.92. The van der Waals surface area contributed by atoms with Gasteiger partial charge >= 0.3 is 6.61 Å². The lowest BCUT2D eigenvalue weighted by atomic mass is 9.54. The van der Waals surface area contributed by atoms with Gasteiger partial charge in [-0.25, -0.2) is 0 Å². The van der Waals surface area contributed by atoms with Crippen LogP contribution in [-0.4, -0.2) is 38.4 Å². The van der Waals surface area contributed by atoms with Crippen molar-refractivity contribution in [3.63, 3.8) is 0 Å². The molecule has 156 valence electrons. The first-order valence-electron chi connectivity index (χ1n) is 9.75. The summed E-state index contributed by atoms with van der Waals surface area (Å²) in [6.07, 6.45) is 6.40. The Morgan fingerprint density at radius 2 is 2.07 bits per heavy atom. The van der Waals surface area contributed by atoms with Crippen molar-refractivity contribution in [2.75, 3.05) is 13.7 Å². The van der Waals surface area contributed by atoms with Crippen molar-refractivity contribution in [1.82, 2.24) is 10.6 Å². The lowest BCUT2D eigenvalue weighted by molar-refractivity contribution is -0.125. The molecule has 1 aliphatic heterocycles. The topological polar surface area (TPSA) is 54.9 Å². The Morgan fingerprint density at radius 1 is 1.32 bits per heavy atom. The minimum absolute atomic E-state index is 0. The zero-order valence-corrected chi connectivity index (χ0v) is 18.3. The molecule has 3 atom stereocenters. The molecular weight excluding hydrogens is 479 g/mol. The zero-order valence-electron chi connectivity index (χ0n) is 16.0. The van der Waals surface area contributed by atoms with Crippen molar-refractivity contribution >= 4 is 29.9 Å². The Balaban J connectivity index is 0.00000225. The molecule has 28 heavy (non-hydrogen) atoms. The number of rotatable bonds is 5. The number of aliphatic imine (C=N–C) groups is 1. The van der Waals surface area contributed by atoms with Crippen molar-refractivity contribution in [3.05, 3.63) is 29.8 Å². The Hall–Kier alpha value is -1.16. The van der Waals surface area contributed by atoms with Crippen molar-refractivity contribution in [3.8, 4) is 5.75 Å². The van der Waals surface area contributed by atoms with Crippen LogP contribution in [0.5, 0.6) is 5.75 Å². The molecule has 2 saturated carbocycles. The summed E-state index contributed by atoms with van der Waals surface area (Å²) in [6, 6.07) is 7.20. The number of halogens is 3. The van der Waals surface area contributed by atoms with Gasteiger partial charge in [0.15, 0.2) is 5.96 Å². The number of guanidine groups is 1. The summed E-state index contributed by atoms with van der Waals surface area (Å²) in [5.74, 6) is 1.43. The van der Waals surface area contributed by atoms with Crippen molar-refractivity contribution in [1.29, 1.82) is 0 Å². The van der Waals surface area contributed by atoms with E-state index in [4.69, 9.17) is 4.74 Å². The number of fused-ring (bicyclic) bond motifs is 2. The number of benzene rings is 1. The maximum absolute atomic E-state index is 12.6. The summed E-state index contributed by atoms with van der Waals surface area (Å²) in [7, 11) is 1.74. The van der Waals surface area contributed by atoms with Gasteiger partial charge in [0, 0.05) is 43.1 Å². The molecule has 0 amide bonds. The van der Waals surface area contributed by atoms with E-state index in [2.05, 4.69) is 20.4 Å². The van der Waals surface area contributed by atoms with E-state index in [1.807, 2.05) is 6.07 Å². The monoisotopic (exact) mass is 507 g/mol. The fraction of sp³-hybridized carbons (Fsp3) is 0.650. The highest BCUT2D eigenvalue weighted by Gasteiger charge is 2.65. The molecule has 1 spiro atoms. The van der Waals surface area contributed by atoms with Crippen molar-refractivity contribution < 1.29 is 18.3 Å². The van der Waals surface area contributed by atoms with Gasteiger partial charge < -0.3 is 20.1 Å². The van der Waals surface area contributed by atoms with Gasteiger partial charge in [-0.2, -0.15) is 8.78 Å². The maximum Gasteiger partial charge on any atom is 0.387 e. The minimum Gasteiger partial charge on any atom is -0.434 e. The molecule has 3 aliphatic rings. The van der Waals surface area contributed by atoms with Crippen LogP contribution in [0.1, 0.15) is 37.7 Å². The largest absolute Gasteiger partial charge is 0.434 e. The van der Waals surface area contributed by atoms with Crippen molar-refractivity contribution in [2.24, 2.45) is 16.3 Å². The molecule has 5 nitrogen and oxygen atoms in total. The fourth-order valence-electron chi connectivity index (χ4n) is 5.29. The number of ether oxygens (including phenoxy) is 2. The summed E-state index contributed by atoms with van der Waals surface area (Å²) in [5.41, 5.74) is 0.905. The smallest absolute Gasteiger partial charge is 0.387 e. The lowest BCUT2D eigenvalue weighted by Crippen LogP contribution is -2.69. The molecule has 1 saturated heterocycles. The fourth-order valence-corrected chi connectivity index (χ4v) is 5.29. The third-order valence-corrected chi connectivity index (χ3v) is 6.44. The second-order valence-electron chi connectivity index (χ2n) is 7.72. The molecule has 1 heterocycles. The van der Waals surface area contributed by atoms with Crippen LogP contribution in [-0.2, 0) is 11.3 Å². The van der Waals surface area contributed by atoms with Crippen LogP contribution in [0.3, 0.4) is 0 Å². The van der Waals surface area contributed by atoms with Crippen LogP contribution in [0.25, 0.3) is 0 Å². The second kappa shape index (κ2) is 9.11. The molecule has 3 unspecified atom stereocenters. The van der Waals surface area contributed by atoms with E-state index >= 15 is 0 Å². The Kier molecular flexibility index (Phi) is 7.01. The minimum atomic E-state index is -2.83. The molecule has 1 aromatic carbocycles. The second-order valence-corrected chi connectivity index (χ2v) is 7.72. The molecule has 2 aliphatic carbocycles. The molecule has 2 N–H and O–H groups in total. The van der Waals surface area contributed by atoms with Crippen LogP contribution in [0.2, 0.25) is 0 Å². The first-order valence-corrected chi connectivity index (χ1v) is 9.75. The molecule has 0 bridgehead atoms. The lowest BCUT2D eigenvalue weighted by Gasteiger charge is -2.57. The third-order valence-electron chi connectivity index (χ3n) is 6.44. The highest BCUT2D eigenvalue weighted by molar-refractivity contribution is 14.0. The SMILES string of the molecule is CN=C(NCc1ccccc1OC(F)F)NC1C2CCOC2C12CCCC2.I. The standard InChI is InChI=1S/C20H27F2N3O2.HI/c1-23-19(24-12-13-6-2-3-7-15(13)27-18(21)22)25-16-14-8-11-26-17(14)20(16)9-4-5-10-20;/h2-3,6-7,14,16-18H,4-5,8-12H2,1H3,(H2,23,24,25);1H. The van der Waals surface area contributed by atoms with E-state index in [-0.39, 0.29) is 35.1 Å². The molecule has 8 heteroatoms. The summed E-state index contributed by atoms with van der Waals surface area (Å²) in [5, 5.41) is 6.87. The molecule has 3 fully saturated rings. The predicted molar refractivity (Wildman–Crippen MR) is 114 cm³/mol. The quantitative estimate of drug-likeness (QED) is 0.361. The van der Waals surface area contributed by atoms with E-state index in [0.717, 1.165) is 13.0 Å². The van der Waals surface area contributed by atoms with Gasteiger partial charge in [0.1, 0.15) is 5.75 Å². The first-order chi connectivity index (χ1) is 13.1. The van der Waals surface area contributed by atoms with E-state index in [1.54, 1.807) is 25.2 Å². The molecule has 4 rings (SSSR count). The number of nitrogens with one attached hydrogen (secondary N) is 2. The van der Waals surface area contributed by atoms with Crippen LogP contribution >= 0.6 is 24.0 Å². The average molecular weight is 507 g/mol. The van der Waals surface area contributed by atoms with Crippen LogP contribution in [0, 0.1) is 11.3 Å². The number of nitrogens with zero attached hydrogens (tertiary/aromatic N) is 1. The zero-order chi connectivity index (χ0) is 18.9. The molecule has 0 radical (unpaired) electrons. The van der Waals surface area contributed by atoms with Gasteiger partial charge in [0.2, 0.25) is 0 Å². The summed E-state index contributed by atoms with van der Waals surface area (Å²) >= 11 is 0. The van der Waals surface area contributed by atoms with Crippen LogP contribution in [0.15, 0.2) is 29.3 Å². The number of alkyl halides is 2. The highest BCUT2D eigenvalue weighted by atomic mass is 127. The molecule has 1 aromatic rings. The Labute approximate surface area is 181 Å². The number of hydrogen-bond acceptors (Lipinski definition) is 3. The first kappa shape index (κ1) is 21.5. The highest BCUT2D eigenvalue weighted by Crippen LogP contribution is 2.60. The molecule has 0 aromatic heterocycles. The summed E-state index contributed by atoms with van der Waals surface area (Å²) in [4.78, 5) is 4.35. The van der Waals surface area contributed by atoms with E-state index in [0.29, 0.717) is 36.1 Å². The normalized spacial score (nSPS) is 27.9. The Morgan fingerprint density at radius 3 is 2.79 bits per heavy atom. The average Bonchev–Trinajstić information content (AvgIpc) is 3.31. The van der Waals surface area contributed by atoms with E-state index < -0.39 is 6.61 Å². The third kappa shape index (κ3) is 3.94. The molecular formula is C20H28F2IN3O2. The summed E-state index contributed by atoms with van der Waals surface area (Å²) in [6.45, 7) is -1.62. The van der Waals surface area contributed by atoms with Crippen molar-refractivity contribution in [2.45, 2.75) is 57.4 Å². The number of para-hydroxylation sites is 1. The number of hydrogen-bond donors (Lipinski definition) is 2. The van der Waals surface area contributed by atoms with E-state index in [9.17, 15) is 8.78 Å². The van der Waals surface area contributed by atoms with Gasteiger partial charge in [-0.3, -0.25) is 4.99 Å². The van der Waals surface area contributed by atoms with E-state index in [1.165, 1.54) is 25.7 Å². The van der Waals surface area contributed by atoms with Gasteiger partial charge in [-0.05, 0) is 25.3 Å².